The number of carbonyl (C=O) groups excluding carboxylic acids is 1. The second kappa shape index (κ2) is 8.91. The van der Waals surface area contributed by atoms with Crippen LogP contribution in [0, 0.1) is 6.92 Å². The molecule has 2 heterocycles. The van der Waals surface area contributed by atoms with Crippen molar-refractivity contribution in [1.82, 2.24) is 13.9 Å². The van der Waals surface area contributed by atoms with Crippen LogP contribution in [0.25, 0.3) is 21.5 Å². The number of amides is 1. The molecule has 0 unspecified atom stereocenters. The summed E-state index contributed by atoms with van der Waals surface area (Å²) < 4.78 is 11.6. The fraction of sp³-hybridized carbons (Fsp3) is 0.182. The van der Waals surface area contributed by atoms with Gasteiger partial charge >= 0.3 is 0 Å². The minimum atomic E-state index is -0.188. The number of benzene rings is 2. The van der Waals surface area contributed by atoms with E-state index in [1.807, 2.05) is 31.2 Å². The lowest BCUT2D eigenvalue weighted by molar-refractivity contribution is -0.113. The quantitative estimate of drug-likeness (QED) is 0.350. The summed E-state index contributed by atoms with van der Waals surface area (Å²) in [6, 6.07) is 15.0. The highest BCUT2D eigenvalue weighted by Crippen LogP contribution is 2.29. The van der Waals surface area contributed by atoms with E-state index < -0.39 is 0 Å². The van der Waals surface area contributed by atoms with Crippen molar-refractivity contribution in [2.24, 2.45) is 7.05 Å². The molecule has 158 valence electrons. The molecule has 4 aromatic rings. The van der Waals surface area contributed by atoms with Gasteiger partial charge in [0.25, 0.3) is 5.56 Å². The summed E-state index contributed by atoms with van der Waals surface area (Å²) in [4.78, 5) is 29.9. The van der Waals surface area contributed by atoms with Crippen LogP contribution in [-0.2, 0) is 11.8 Å². The van der Waals surface area contributed by atoms with E-state index in [4.69, 9.17) is 4.74 Å². The van der Waals surface area contributed by atoms with E-state index in [-0.39, 0.29) is 17.2 Å². The van der Waals surface area contributed by atoms with E-state index >= 15 is 0 Å². The molecule has 0 saturated carbocycles. The molecule has 2 aromatic heterocycles. The standard InChI is InChI=1S/C22H20N4O3S2/c1-13-4-6-14(7-5-13)18-19-20(31-25-18)21(28)26(2)22(24-19)30-12-17(27)23-15-8-10-16(29-3)11-9-15/h4-11H,12H2,1-3H3,(H,23,27). The summed E-state index contributed by atoms with van der Waals surface area (Å²) in [5.74, 6) is 0.648. The largest absolute Gasteiger partial charge is 0.497 e. The van der Waals surface area contributed by atoms with Crippen LogP contribution < -0.4 is 15.6 Å². The number of fused-ring (bicyclic) bond motifs is 1. The van der Waals surface area contributed by atoms with Crippen LogP contribution in [0.5, 0.6) is 5.75 Å². The second-order valence-electron chi connectivity index (χ2n) is 6.90. The van der Waals surface area contributed by atoms with Gasteiger partial charge in [0.2, 0.25) is 5.91 Å². The zero-order chi connectivity index (χ0) is 22.0. The number of aromatic nitrogens is 3. The monoisotopic (exact) mass is 452 g/mol. The van der Waals surface area contributed by atoms with Gasteiger partial charge in [-0.2, -0.15) is 4.37 Å². The first-order valence-electron chi connectivity index (χ1n) is 9.46. The van der Waals surface area contributed by atoms with Gasteiger partial charge in [0.1, 0.15) is 21.7 Å². The Kier molecular flexibility index (Phi) is 6.06. The molecule has 0 atom stereocenters. The summed E-state index contributed by atoms with van der Waals surface area (Å²) in [7, 11) is 3.25. The lowest BCUT2D eigenvalue weighted by atomic mass is 10.1. The number of nitrogens with zero attached hydrogens (tertiary/aromatic N) is 3. The van der Waals surface area contributed by atoms with Gasteiger partial charge in [0.05, 0.1) is 12.9 Å². The number of hydrogen-bond donors (Lipinski definition) is 1. The molecular formula is C22H20N4O3S2. The van der Waals surface area contributed by atoms with Crippen molar-refractivity contribution in [2.75, 3.05) is 18.2 Å². The normalized spacial score (nSPS) is 10.9. The maximum absolute atomic E-state index is 12.8. The Morgan fingerprint density at radius 3 is 2.55 bits per heavy atom. The summed E-state index contributed by atoms with van der Waals surface area (Å²) in [6.45, 7) is 2.02. The fourth-order valence-electron chi connectivity index (χ4n) is 2.97. The van der Waals surface area contributed by atoms with Gasteiger partial charge in [-0.1, -0.05) is 41.6 Å². The lowest BCUT2D eigenvalue weighted by Crippen LogP contribution is -2.20. The third-order valence-corrected chi connectivity index (χ3v) is 6.55. The van der Waals surface area contributed by atoms with Crippen LogP contribution in [-0.4, -0.2) is 32.7 Å². The molecule has 0 saturated heterocycles. The molecule has 0 radical (unpaired) electrons. The van der Waals surface area contributed by atoms with E-state index in [2.05, 4.69) is 14.7 Å². The third-order valence-electron chi connectivity index (χ3n) is 4.69. The minimum Gasteiger partial charge on any atom is -0.497 e. The van der Waals surface area contributed by atoms with Crippen LogP contribution in [0.15, 0.2) is 58.5 Å². The Labute approximate surface area is 187 Å². The Hall–Kier alpha value is -3.17. The number of ether oxygens (including phenoxy) is 1. The molecule has 0 spiro atoms. The molecular weight excluding hydrogens is 432 g/mol. The van der Waals surface area contributed by atoms with E-state index in [1.165, 1.54) is 16.3 Å². The number of carbonyl (C=O) groups is 1. The zero-order valence-electron chi connectivity index (χ0n) is 17.2. The van der Waals surface area contributed by atoms with Crippen molar-refractivity contribution in [3.63, 3.8) is 0 Å². The molecule has 4 rings (SSSR count). The lowest BCUT2D eigenvalue weighted by Gasteiger charge is -2.09. The number of rotatable bonds is 6. The van der Waals surface area contributed by atoms with Crippen LogP contribution in [0.1, 0.15) is 5.56 Å². The van der Waals surface area contributed by atoms with Gasteiger partial charge in [-0.3, -0.25) is 14.2 Å². The van der Waals surface area contributed by atoms with E-state index in [0.717, 1.165) is 22.7 Å². The van der Waals surface area contributed by atoms with Crippen molar-refractivity contribution in [3.05, 3.63) is 64.4 Å². The zero-order valence-corrected chi connectivity index (χ0v) is 18.8. The number of nitrogens with one attached hydrogen (secondary N) is 1. The average Bonchev–Trinajstić information content (AvgIpc) is 3.20. The van der Waals surface area contributed by atoms with E-state index in [1.54, 1.807) is 38.4 Å². The highest BCUT2D eigenvalue weighted by atomic mass is 32.2. The molecule has 0 aliphatic carbocycles. The van der Waals surface area contributed by atoms with Gasteiger partial charge in [-0.05, 0) is 42.7 Å². The first-order valence-corrected chi connectivity index (χ1v) is 11.2. The maximum Gasteiger partial charge on any atom is 0.273 e. The van der Waals surface area contributed by atoms with Crippen molar-refractivity contribution in [3.8, 4) is 17.0 Å². The van der Waals surface area contributed by atoms with Gasteiger partial charge in [-0.15, -0.1) is 0 Å². The molecule has 0 aliphatic rings. The predicted molar refractivity (Wildman–Crippen MR) is 125 cm³/mol. The number of hydrogen-bond acceptors (Lipinski definition) is 7. The topological polar surface area (TPSA) is 86.1 Å². The first kappa shape index (κ1) is 21.1. The summed E-state index contributed by atoms with van der Waals surface area (Å²) in [5, 5.41) is 3.30. The Morgan fingerprint density at radius 1 is 1.16 bits per heavy atom. The molecule has 0 bridgehead atoms. The third kappa shape index (κ3) is 4.47. The first-order chi connectivity index (χ1) is 15.0. The number of thioether (sulfide) groups is 1. The highest BCUT2D eigenvalue weighted by molar-refractivity contribution is 7.99. The van der Waals surface area contributed by atoms with E-state index in [0.29, 0.717) is 32.5 Å². The maximum atomic E-state index is 12.8. The van der Waals surface area contributed by atoms with Crippen molar-refractivity contribution < 1.29 is 9.53 Å². The molecule has 1 amide bonds. The number of methoxy groups -OCH3 is 1. The smallest absolute Gasteiger partial charge is 0.273 e. The van der Waals surface area contributed by atoms with Crippen molar-refractivity contribution in [1.29, 1.82) is 0 Å². The second-order valence-corrected chi connectivity index (χ2v) is 8.61. The predicted octanol–water partition coefficient (Wildman–Crippen LogP) is 4.10. The number of aryl methyl sites for hydroxylation is 1. The molecule has 7 nitrogen and oxygen atoms in total. The highest BCUT2D eigenvalue weighted by Gasteiger charge is 2.17. The molecule has 0 aliphatic heterocycles. The Bertz CT molecular complexity index is 1300. The van der Waals surface area contributed by atoms with Crippen LogP contribution in [0.3, 0.4) is 0 Å². The molecule has 2 aromatic carbocycles. The van der Waals surface area contributed by atoms with Crippen molar-refractivity contribution in [2.45, 2.75) is 12.1 Å². The fourth-order valence-corrected chi connectivity index (χ4v) is 4.55. The Balaban J connectivity index is 1.56. The number of anilines is 1. The SMILES string of the molecule is COc1ccc(NC(=O)CSc2nc3c(-c4ccc(C)cc4)nsc3c(=O)n2C)cc1. The van der Waals surface area contributed by atoms with Gasteiger partial charge < -0.3 is 10.1 Å². The Morgan fingerprint density at radius 2 is 1.87 bits per heavy atom. The van der Waals surface area contributed by atoms with Crippen LogP contribution >= 0.6 is 23.3 Å². The average molecular weight is 453 g/mol. The summed E-state index contributed by atoms with van der Waals surface area (Å²) in [5.41, 5.74) is 3.81. The summed E-state index contributed by atoms with van der Waals surface area (Å²) >= 11 is 2.36. The van der Waals surface area contributed by atoms with Crippen molar-refractivity contribution >= 4 is 45.1 Å². The molecule has 31 heavy (non-hydrogen) atoms. The minimum absolute atomic E-state index is 0.120. The van der Waals surface area contributed by atoms with Gasteiger partial charge in [0.15, 0.2) is 5.16 Å². The van der Waals surface area contributed by atoms with Crippen LogP contribution in [0.4, 0.5) is 5.69 Å². The molecule has 0 fully saturated rings. The molecule has 9 heteroatoms. The van der Waals surface area contributed by atoms with Gasteiger partial charge in [-0.25, -0.2) is 4.98 Å². The van der Waals surface area contributed by atoms with Crippen LogP contribution in [0.2, 0.25) is 0 Å². The van der Waals surface area contributed by atoms with Gasteiger partial charge in [0, 0.05) is 18.3 Å². The van der Waals surface area contributed by atoms with E-state index in [9.17, 15) is 9.59 Å². The molecule has 1 N–H and O–H groups in total. The summed E-state index contributed by atoms with van der Waals surface area (Å²) in [6.07, 6.45) is 0.